The molecule has 0 aliphatic rings. The van der Waals surface area contributed by atoms with Crippen molar-refractivity contribution in [1.29, 1.82) is 0 Å². The fourth-order valence-corrected chi connectivity index (χ4v) is 2.79. The third-order valence-electron chi connectivity index (χ3n) is 4.10. The smallest absolute Gasteiger partial charge is 0.223 e. The van der Waals surface area contributed by atoms with Crippen LogP contribution in [0.4, 0.5) is 5.95 Å². The fourth-order valence-electron chi connectivity index (χ4n) is 2.79. The maximum absolute atomic E-state index is 5.34. The van der Waals surface area contributed by atoms with Gasteiger partial charge in [-0.15, -0.1) is 0 Å². The van der Waals surface area contributed by atoms with Crippen LogP contribution in [0.3, 0.4) is 0 Å². The van der Waals surface area contributed by atoms with Crippen LogP contribution in [0.1, 0.15) is 17.0 Å². The van der Waals surface area contributed by atoms with Gasteiger partial charge in [-0.3, -0.25) is 15.0 Å². The van der Waals surface area contributed by atoms with Crippen LogP contribution in [0, 0.1) is 13.8 Å². The van der Waals surface area contributed by atoms with E-state index in [2.05, 4.69) is 30.4 Å². The lowest BCUT2D eigenvalue weighted by atomic mass is 10.0. The number of aryl methyl sites for hydroxylation is 2. The second-order valence-electron chi connectivity index (χ2n) is 5.95. The summed E-state index contributed by atoms with van der Waals surface area (Å²) in [6.45, 7) is 4.34. The predicted octanol–water partition coefficient (Wildman–Crippen LogP) is 3.21. The normalized spacial score (nSPS) is 10.7. The maximum atomic E-state index is 5.34. The first-order valence-corrected chi connectivity index (χ1v) is 8.42. The summed E-state index contributed by atoms with van der Waals surface area (Å²) in [5.41, 5.74) is 4.85. The molecule has 4 aromatic heterocycles. The zero-order chi connectivity index (χ0) is 18.6. The summed E-state index contributed by atoms with van der Waals surface area (Å²) < 4.78 is 5.34. The molecule has 0 saturated heterocycles. The molecule has 4 aromatic rings. The molecular formula is C19H17N7O. The number of nitrogens with one attached hydrogen (secondary N) is 1. The Hall–Kier alpha value is -3.68. The molecule has 0 bridgehead atoms. The lowest BCUT2D eigenvalue weighted by molar-refractivity contribution is 0.393. The van der Waals surface area contributed by atoms with Gasteiger partial charge in [0.05, 0.1) is 28.8 Å². The van der Waals surface area contributed by atoms with Crippen molar-refractivity contribution in [1.82, 2.24) is 30.1 Å². The van der Waals surface area contributed by atoms with Crippen molar-refractivity contribution in [2.24, 2.45) is 0 Å². The van der Waals surface area contributed by atoms with Gasteiger partial charge in [-0.25, -0.2) is 9.97 Å². The molecular weight excluding hydrogens is 342 g/mol. The highest BCUT2D eigenvalue weighted by Gasteiger charge is 2.20. The van der Waals surface area contributed by atoms with Gasteiger partial charge in [-0.05, 0) is 31.5 Å². The predicted molar refractivity (Wildman–Crippen MR) is 99.6 cm³/mol. The van der Waals surface area contributed by atoms with E-state index in [1.165, 1.54) is 0 Å². The molecule has 0 spiro atoms. The monoisotopic (exact) mass is 359 g/mol. The summed E-state index contributed by atoms with van der Waals surface area (Å²) in [4.78, 5) is 21.7. The Balaban J connectivity index is 1.75. The Morgan fingerprint density at radius 1 is 0.963 bits per heavy atom. The zero-order valence-corrected chi connectivity index (χ0v) is 14.9. The van der Waals surface area contributed by atoms with Crippen LogP contribution in [-0.2, 0) is 6.54 Å². The molecule has 8 heteroatoms. The van der Waals surface area contributed by atoms with E-state index in [4.69, 9.17) is 9.51 Å². The molecule has 0 amide bonds. The van der Waals surface area contributed by atoms with Gasteiger partial charge in [0.1, 0.15) is 5.76 Å². The lowest BCUT2D eigenvalue weighted by Gasteiger charge is -2.11. The van der Waals surface area contributed by atoms with Crippen LogP contribution in [0.15, 0.2) is 53.8 Å². The molecule has 1 N–H and O–H groups in total. The molecule has 0 atom stereocenters. The zero-order valence-electron chi connectivity index (χ0n) is 14.9. The summed E-state index contributed by atoms with van der Waals surface area (Å²) in [6, 6.07) is 3.88. The number of aromatic nitrogens is 6. The van der Waals surface area contributed by atoms with Crippen LogP contribution in [0.2, 0.25) is 0 Å². The SMILES string of the molecule is Cc1noc(C)c1-c1nc(NCc2ccncc2)ncc1-c1cnccn1. The van der Waals surface area contributed by atoms with Gasteiger partial charge in [0.25, 0.3) is 0 Å². The van der Waals surface area contributed by atoms with E-state index in [1.807, 2.05) is 26.0 Å². The topological polar surface area (TPSA) is 103 Å². The number of hydrogen-bond acceptors (Lipinski definition) is 8. The van der Waals surface area contributed by atoms with Crippen LogP contribution in [0.5, 0.6) is 0 Å². The molecule has 0 fully saturated rings. The van der Waals surface area contributed by atoms with Crippen molar-refractivity contribution in [2.45, 2.75) is 20.4 Å². The van der Waals surface area contributed by atoms with Crippen LogP contribution in [-0.4, -0.2) is 30.1 Å². The number of rotatable bonds is 5. The highest BCUT2D eigenvalue weighted by atomic mass is 16.5. The summed E-state index contributed by atoms with van der Waals surface area (Å²) in [7, 11) is 0. The Kier molecular flexibility index (Phi) is 4.52. The summed E-state index contributed by atoms with van der Waals surface area (Å²) in [5, 5.41) is 7.30. The third kappa shape index (κ3) is 3.50. The Morgan fingerprint density at radius 3 is 2.52 bits per heavy atom. The second kappa shape index (κ2) is 7.28. The second-order valence-corrected chi connectivity index (χ2v) is 5.95. The number of pyridine rings is 1. The van der Waals surface area contributed by atoms with E-state index in [0.29, 0.717) is 29.6 Å². The molecule has 8 nitrogen and oxygen atoms in total. The van der Waals surface area contributed by atoms with Crippen LogP contribution < -0.4 is 5.32 Å². The molecule has 0 unspecified atom stereocenters. The van der Waals surface area contributed by atoms with Crippen LogP contribution >= 0.6 is 0 Å². The summed E-state index contributed by atoms with van der Waals surface area (Å²) >= 11 is 0. The van der Waals surface area contributed by atoms with Crippen LogP contribution in [0.25, 0.3) is 22.5 Å². The first kappa shape index (κ1) is 16.8. The first-order valence-electron chi connectivity index (χ1n) is 8.42. The largest absolute Gasteiger partial charge is 0.361 e. The average molecular weight is 359 g/mol. The van der Waals surface area contributed by atoms with Gasteiger partial charge in [0, 0.05) is 43.1 Å². The summed E-state index contributed by atoms with van der Waals surface area (Å²) in [6.07, 6.45) is 10.2. The molecule has 0 aromatic carbocycles. The minimum absolute atomic E-state index is 0.509. The molecule has 134 valence electrons. The summed E-state index contributed by atoms with van der Waals surface area (Å²) in [5.74, 6) is 1.20. The third-order valence-corrected chi connectivity index (χ3v) is 4.10. The van der Waals surface area contributed by atoms with Crippen molar-refractivity contribution in [2.75, 3.05) is 5.32 Å². The molecule has 0 aliphatic heterocycles. The molecule has 27 heavy (non-hydrogen) atoms. The van der Waals surface area contributed by atoms with Crippen molar-refractivity contribution in [3.63, 3.8) is 0 Å². The highest BCUT2D eigenvalue weighted by molar-refractivity contribution is 5.80. The van der Waals surface area contributed by atoms with E-state index >= 15 is 0 Å². The average Bonchev–Trinajstić information content (AvgIpc) is 3.06. The van der Waals surface area contributed by atoms with E-state index in [1.54, 1.807) is 37.2 Å². The van der Waals surface area contributed by atoms with E-state index in [0.717, 1.165) is 22.4 Å². The minimum Gasteiger partial charge on any atom is -0.361 e. The van der Waals surface area contributed by atoms with Gasteiger partial charge in [-0.1, -0.05) is 5.16 Å². The molecule has 0 aliphatic carbocycles. The lowest BCUT2D eigenvalue weighted by Crippen LogP contribution is -2.05. The van der Waals surface area contributed by atoms with Gasteiger partial charge in [-0.2, -0.15) is 0 Å². The van der Waals surface area contributed by atoms with Crippen molar-refractivity contribution in [3.8, 4) is 22.5 Å². The number of nitrogens with zero attached hydrogens (tertiary/aromatic N) is 6. The van der Waals surface area contributed by atoms with Crippen molar-refractivity contribution in [3.05, 3.63) is 66.3 Å². The fraction of sp³-hybridized carbons (Fsp3) is 0.158. The Morgan fingerprint density at radius 2 is 1.81 bits per heavy atom. The van der Waals surface area contributed by atoms with E-state index in [9.17, 15) is 0 Å². The first-order chi connectivity index (χ1) is 13.2. The quantitative estimate of drug-likeness (QED) is 0.579. The van der Waals surface area contributed by atoms with Gasteiger partial charge < -0.3 is 9.84 Å². The Labute approximate surface area is 155 Å². The molecule has 0 saturated carbocycles. The van der Waals surface area contributed by atoms with Gasteiger partial charge in [0.15, 0.2) is 0 Å². The van der Waals surface area contributed by atoms with E-state index in [-0.39, 0.29) is 0 Å². The minimum atomic E-state index is 0.509. The maximum Gasteiger partial charge on any atom is 0.223 e. The number of hydrogen-bond donors (Lipinski definition) is 1. The standard InChI is InChI=1S/C19H17N7O/c1-12-17(13(2)27-26-12)18-15(16-11-21-7-8-22-16)10-24-19(25-18)23-9-14-3-5-20-6-4-14/h3-8,10-11H,9H2,1-2H3,(H,23,24,25). The van der Waals surface area contributed by atoms with Crippen molar-refractivity contribution >= 4 is 5.95 Å². The highest BCUT2D eigenvalue weighted by Crippen LogP contribution is 2.33. The molecule has 4 rings (SSSR count). The van der Waals surface area contributed by atoms with Gasteiger partial charge in [0.2, 0.25) is 5.95 Å². The molecule has 0 radical (unpaired) electrons. The van der Waals surface area contributed by atoms with Gasteiger partial charge >= 0.3 is 0 Å². The molecule has 4 heterocycles. The van der Waals surface area contributed by atoms with Crippen molar-refractivity contribution < 1.29 is 4.52 Å². The van der Waals surface area contributed by atoms with E-state index < -0.39 is 0 Å². The number of anilines is 1. The Bertz CT molecular complexity index is 1030.